The van der Waals surface area contributed by atoms with Crippen LogP contribution in [0.1, 0.15) is 17.5 Å². The highest BCUT2D eigenvalue weighted by molar-refractivity contribution is 8.00. The zero-order valence-corrected chi connectivity index (χ0v) is 19.7. The Kier molecular flexibility index (Phi) is 5.64. The molecule has 2 amide bonds. The Labute approximate surface area is 200 Å². The summed E-state index contributed by atoms with van der Waals surface area (Å²) in [5.74, 6) is -0.446. The Bertz CT molecular complexity index is 1410. The average molecular weight is 474 g/mol. The first-order valence-corrected chi connectivity index (χ1v) is 11.8. The number of aromatic nitrogens is 2. The van der Waals surface area contributed by atoms with E-state index in [0.29, 0.717) is 15.9 Å². The van der Waals surface area contributed by atoms with Gasteiger partial charge in [-0.15, -0.1) is 0 Å². The topological polar surface area (TPSA) is 63.2 Å². The number of nitrogens with zero attached hydrogens (tertiary/aromatic N) is 3. The molecule has 5 rings (SSSR count). The Morgan fingerprint density at radius 2 is 1.76 bits per heavy atom. The summed E-state index contributed by atoms with van der Waals surface area (Å²) in [7, 11) is 0. The first-order valence-electron chi connectivity index (χ1n) is 10.5. The lowest BCUT2D eigenvalue weighted by molar-refractivity contribution is -0.121. The number of halogens is 1. The molecule has 1 atom stereocenters. The molecule has 5 nitrogen and oxygen atoms in total. The Hall–Kier alpha value is -3.22. The van der Waals surface area contributed by atoms with Crippen LogP contribution in [0.3, 0.4) is 0 Å². The molecule has 7 heteroatoms. The van der Waals surface area contributed by atoms with Crippen LogP contribution >= 0.6 is 23.4 Å². The smallest absolute Gasteiger partial charge is 0.247 e. The van der Waals surface area contributed by atoms with Crippen molar-refractivity contribution in [3.8, 4) is 11.3 Å². The third-order valence-electron chi connectivity index (χ3n) is 5.63. The summed E-state index contributed by atoms with van der Waals surface area (Å²) < 4.78 is 0. The Balaban J connectivity index is 1.51. The van der Waals surface area contributed by atoms with E-state index >= 15 is 0 Å². The molecule has 1 fully saturated rings. The van der Waals surface area contributed by atoms with E-state index in [1.54, 1.807) is 6.07 Å². The van der Waals surface area contributed by atoms with E-state index in [1.165, 1.54) is 16.7 Å². The number of anilines is 1. The molecule has 1 aromatic heterocycles. The molecule has 2 heterocycles. The maximum Gasteiger partial charge on any atom is 0.247 e. The molecule has 33 heavy (non-hydrogen) atoms. The predicted octanol–water partition coefficient (Wildman–Crippen LogP) is 5.99. The van der Waals surface area contributed by atoms with Crippen LogP contribution in [0.5, 0.6) is 0 Å². The summed E-state index contributed by atoms with van der Waals surface area (Å²) in [6.07, 6.45) is 0.111. The summed E-state index contributed by atoms with van der Waals surface area (Å²) in [4.78, 5) is 36.8. The minimum atomic E-state index is -0.577. The van der Waals surface area contributed by atoms with Crippen LogP contribution in [0.2, 0.25) is 5.02 Å². The van der Waals surface area contributed by atoms with Gasteiger partial charge in [0.15, 0.2) is 5.16 Å². The van der Waals surface area contributed by atoms with Gasteiger partial charge >= 0.3 is 0 Å². The predicted molar refractivity (Wildman–Crippen MR) is 133 cm³/mol. The van der Waals surface area contributed by atoms with Crippen LogP contribution in [0.25, 0.3) is 22.2 Å². The van der Waals surface area contributed by atoms with E-state index in [0.717, 1.165) is 33.3 Å². The lowest BCUT2D eigenvalue weighted by Gasteiger charge is -2.17. The Morgan fingerprint density at radius 3 is 2.52 bits per heavy atom. The third kappa shape index (κ3) is 4.12. The first kappa shape index (κ1) is 21.6. The molecule has 0 bridgehead atoms. The minimum Gasteiger partial charge on any atom is -0.274 e. The van der Waals surface area contributed by atoms with Gasteiger partial charge in [0.2, 0.25) is 11.8 Å². The van der Waals surface area contributed by atoms with Gasteiger partial charge in [0.1, 0.15) is 5.25 Å². The summed E-state index contributed by atoms with van der Waals surface area (Å²) in [5.41, 5.74) is 5.02. The highest BCUT2D eigenvalue weighted by Gasteiger charge is 2.41. The number of thioether (sulfide) groups is 1. The summed E-state index contributed by atoms with van der Waals surface area (Å²) in [6.45, 7) is 3.89. The summed E-state index contributed by atoms with van der Waals surface area (Å²) in [5, 5.41) is 1.32. The van der Waals surface area contributed by atoms with E-state index in [9.17, 15) is 9.59 Å². The lowest BCUT2D eigenvalue weighted by Crippen LogP contribution is -2.31. The molecule has 1 saturated heterocycles. The van der Waals surface area contributed by atoms with E-state index in [2.05, 4.69) is 4.98 Å². The number of carbonyl (C=O) groups is 2. The number of rotatable bonds is 4. The van der Waals surface area contributed by atoms with Crippen LogP contribution < -0.4 is 4.90 Å². The van der Waals surface area contributed by atoms with Gasteiger partial charge in [-0.05, 0) is 43.7 Å². The van der Waals surface area contributed by atoms with Crippen molar-refractivity contribution in [2.45, 2.75) is 30.7 Å². The number of hydrogen-bond acceptors (Lipinski definition) is 5. The van der Waals surface area contributed by atoms with E-state index < -0.39 is 5.25 Å². The van der Waals surface area contributed by atoms with Gasteiger partial charge in [0.25, 0.3) is 0 Å². The molecule has 0 saturated carbocycles. The molecule has 0 radical (unpaired) electrons. The zero-order chi connectivity index (χ0) is 23.1. The monoisotopic (exact) mass is 473 g/mol. The van der Waals surface area contributed by atoms with E-state index in [1.807, 2.05) is 74.5 Å². The number of fused-ring (bicyclic) bond motifs is 1. The number of amides is 2. The van der Waals surface area contributed by atoms with Gasteiger partial charge < -0.3 is 0 Å². The second kappa shape index (κ2) is 8.61. The Morgan fingerprint density at radius 1 is 0.970 bits per heavy atom. The van der Waals surface area contributed by atoms with Gasteiger partial charge in [-0.25, -0.2) is 14.9 Å². The molecular formula is C26H20ClN3O2S. The third-order valence-corrected chi connectivity index (χ3v) is 6.91. The second-order valence-electron chi connectivity index (χ2n) is 8.05. The minimum absolute atomic E-state index is 0.111. The first-order chi connectivity index (χ1) is 15.9. The fraction of sp³-hybridized carbons (Fsp3) is 0.154. The maximum absolute atomic E-state index is 13.2. The molecule has 4 aromatic rings. The fourth-order valence-electron chi connectivity index (χ4n) is 4.08. The molecule has 3 aromatic carbocycles. The quantitative estimate of drug-likeness (QED) is 0.269. The van der Waals surface area contributed by atoms with Gasteiger partial charge in [0.05, 0.1) is 16.9 Å². The SMILES string of the molecule is Cc1ccc(N2C(=O)CC(Sc3nc(-c4ccccc4)c4cc(Cl)ccc4n3)C2=O)c(C)c1. The van der Waals surface area contributed by atoms with Crippen molar-refractivity contribution >= 4 is 51.8 Å². The zero-order valence-electron chi connectivity index (χ0n) is 18.1. The van der Waals surface area contributed by atoms with Crippen molar-refractivity contribution in [1.82, 2.24) is 9.97 Å². The van der Waals surface area contributed by atoms with Crippen molar-refractivity contribution < 1.29 is 9.59 Å². The molecule has 0 spiro atoms. The van der Waals surface area contributed by atoms with Crippen molar-refractivity contribution in [2.24, 2.45) is 0 Å². The van der Waals surface area contributed by atoms with Gasteiger partial charge in [-0.2, -0.15) is 0 Å². The number of benzene rings is 3. The highest BCUT2D eigenvalue weighted by Crippen LogP contribution is 2.36. The molecule has 164 valence electrons. The largest absolute Gasteiger partial charge is 0.274 e. The molecular weight excluding hydrogens is 454 g/mol. The second-order valence-corrected chi connectivity index (χ2v) is 9.66. The molecule has 1 aliphatic heterocycles. The molecule has 0 aliphatic carbocycles. The summed E-state index contributed by atoms with van der Waals surface area (Å²) in [6, 6.07) is 21.0. The van der Waals surface area contributed by atoms with Gasteiger partial charge in [-0.1, -0.05) is 71.4 Å². The number of aryl methyl sites for hydroxylation is 2. The maximum atomic E-state index is 13.2. The van der Waals surface area contributed by atoms with Crippen molar-refractivity contribution in [3.63, 3.8) is 0 Å². The van der Waals surface area contributed by atoms with Crippen LogP contribution in [0, 0.1) is 13.8 Å². The number of carbonyl (C=O) groups excluding carboxylic acids is 2. The highest BCUT2D eigenvalue weighted by atomic mass is 35.5. The van der Waals surface area contributed by atoms with Crippen molar-refractivity contribution in [1.29, 1.82) is 0 Å². The van der Waals surface area contributed by atoms with Crippen LogP contribution in [-0.2, 0) is 9.59 Å². The number of imide groups is 1. The standard InChI is InChI=1S/C26H20ClN3O2S/c1-15-8-11-21(16(2)12-15)30-23(31)14-22(25(30)32)33-26-28-20-10-9-18(27)13-19(20)24(29-26)17-6-4-3-5-7-17/h3-13,22H,14H2,1-2H3. The van der Waals surface area contributed by atoms with Gasteiger partial charge in [0, 0.05) is 22.4 Å². The average Bonchev–Trinajstić information content (AvgIpc) is 3.07. The van der Waals surface area contributed by atoms with Gasteiger partial charge in [-0.3, -0.25) is 9.59 Å². The lowest BCUT2D eigenvalue weighted by atomic mass is 10.1. The van der Waals surface area contributed by atoms with E-state index in [-0.39, 0.29) is 18.2 Å². The normalized spacial score (nSPS) is 16.1. The van der Waals surface area contributed by atoms with Crippen LogP contribution in [-0.4, -0.2) is 27.0 Å². The van der Waals surface area contributed by atoms with Crippen molar-refractivity contribution in [3.05, 3.63) is 82.9 Å². The van der Waals surface area contributed by atoms with Crippen molar-refractivity contribution in [2.75, 3.05) is 4.90 Å². The van der Waals surface area contributed by atoms with E-state index in [4.69, 9.17) is 16.6 Å². The molecule has 1 unspecified atom stereocenters. The summed E-state index contributed by atoms with van der Waals surface area (Å²) >= 11 is 7.47. The van der Waals surface area contributed by atoms with Crippen LogP contribution in [0.15, 0.2) is 71.9 Å². The van der Waals surface area contributed by atoms with Crippen LogP contribution in [0.4, 0.5) is 5.69 Å². The molecule has 1 aliphatic rings. The fourth-order valence-corrected chi connectivity index (χ4v) is 5.23. The number of hydrogen-bond donors (Lipinski definition) is 0. The molecule has 0 N–H and O–H groups in total.